The summed E-state index contributed by atoms with van der Waals surface area (Å²) in [6, 6.07) is 0. The van der Waals surface area contributed by atoms with E-state index in [-0.39, 0.29) is 23.0 Å². The normalized spacial score (nSPS) is 10.9. The van der Waals surface area contributed by atoms with Crippen LogP contribution >= 0.6 is 0 Å². The number of unbranched alkanes of at least 4 members (excludes halogenated alkanes) is 8. The van der Waals surface area contributed by atoms with Crippen LogP contribution in [0.25, 0.3) is 0 Å². The molecule has 0 aliphatic rings. The molecule has 0 aromatic heterocycles. The van der Waals surface area contributed by atoms with Crippen LogP contribution in [-0.2, 0) is 9.53 Å². The molecule has 0 aromatic carbocycles. The Hall–Kier alpha value is -0.350. The van der Waals surface area contributed by atoms with Gasteiger partial charge in [0, 0.05) is 6.08 Å². The molecule has 0 spiro atoms. The number of hydrogen-bond acceptors (Lipinski definition) is 2. The van der Waals surface area contributed by atoms with Crippen molar-refractivity contribution in [2.75, 3.05) is 33.8 Å². The molecule has 132 valence electrons. The molecule has 0 rings (SSSR count). The lowest BCUT2D eigenvalue weighted by Gasteiger charge is -2.28. The first-order chi connectivity index (χ1) is 10.0. The third-order valence-electron chi connectivity index (χ3n) is 4.17. The van der Waals surface area contributed by atoms with Gasteiger partial charge in [-0.15, -0.1) is 0 Å². The molecular weight excluding hydrogens is 342 g/mol. The molecule has 4 heteroatoms. The Labute approximate surface area is 148 Å². The Morgan fingerprint density at radius 2 is 1.41 bits per heavy atom. The summed E-state index contributed by atoms with van der Waals surface area (Å²) in [5.41, 5.74) is 0. The van der Waals surface area contributed by atoms with Gasteiger partial charge in [0.25, 0.3) is 0 Å². The molecule has 0 atom stereocenters. The van der Waals surface area contributed by atoms with E-state index in [9.17, 15) is 4.79 Å². The van der Waals surface area contributed by atoms with Crippen LogP contribution in [0.15, 0.2) is 12.7 Å². The largest absolute Gasteiger partial charge is 1.00 e. The van der Waals surface area contributed by atoms with Crippen LogP contribution in [0.4, 0.5) is 0 Å². The fraction of sp³-hybridized carbons (Fsp3) is 0.833. The highest BCUT2D eigenvalue weighted by Crippen LogP contribution is 2.11. The van der Waals surface area contributed by atoms with Gasteiger partial charge in [0.1, 0.15) is 0 Å². The van der Waals surface area contributed by atoms with Crippen LogP contribution < -0.4 is 17.0 Å². The highest BCUT2D eigenvalue weighted by molar-refractivity contribution is 5.81. The summed E-state index contributed by atoms with van der Waals surface area (Å²) in [5, 5.41) is 0. The molecule has 0 bridgehead atoms. The van der Waals surface area contributed by atoms with Gasteiger partial charge in [-0.1, -0.05) is 45.1 Å². The van der Waals surface area contributed by atoms with Gasteiger partial charge in [0.05, 0.1) is 33.8 Å². The van der Waals surface area contributed by atoms with Crippen molar-refractivity contribution < 1.29 is 31.0 Å². The minimum atomic E-state index is -0.306. The molecule has 0 amide bonds. The lowest BCUT2D eigenvalue weighted by Crippen LogP contribution is -3.00. The fourth-order valence-electron chi connectivity index (χ4n) is 2.27. The van der Waals surface area contributed by atoms with Crippen molar-refractivity contribution in [3.8, 4) is 0 Å². The zero-order valence-corrected chi connectivity index (χ0v) is 16.5. The van der Waals surface area contributed by atoms with Gasteiger partial charge in [-0.2, -0.15) is 0 Å². The maximum Gasteiger partial charge on any atom is 0.330 e. The minimum Gasteiger partial charge on any atom is -1.00 e. The molecule has 0 saturated carbocycles. The number of quaternary nitrogens is 1. The first-order valence-electron chi connectivity index (χ1n) is 8.63. The Balaban J connectivity index is 0. The molecule has 22 heavy (non-hydrogen) atoms. The highest BCUT2D eigenvalue weighted by atomic mass is 79.9. The van der Waals surface area contributed by atoms with E-state index < -0.39 is 0 Å². The predicted octanol–water partition coefficient (Wildman–Crippen LogP) is 1.33. The van der Waals surface area contributed by atoms with E-state index in [2.05, 4.69) is 27.6 Å². The zero-order valence-electron chi connectivity index (χ0n) is 14.9. The molecule has 0 aromatic rings. The smallest absolute Gasteiger partial charge is 0.330 e. The van der Waals surface area contributed by atoms with Crippen molar-refractivity contribution in [3.63, 3.8) is 0 Å². The van der Waals surface area contributed by atoms with E-state index in [0.717, 1.165) is 17.3 Å². The summed E-state index contributed by atoms with van der Waals surface area (Å²) in [5.74, 6) is -0.306. The van der Waals surface area contributed by atoms with Crippen molar-refractivity contribution in [2.24, 2.45) is 0 Å². The van der Waals surface area contributed by atoms with Crippen molar-refractivity contribution in [2.45, 2.75) is 64.7 Å². The molecule has 0 heterocycles. The lowest BCUT2D eigenvalue weighted by atomic mass is 10.1. The summed E-state index contributed by atoms with van der Waals surface area (Å²) in [7, 11) is 4.62. The number of carbonyl (C=O) groups excluding carboxylic acids is 1. The third-order valence-corrected chi connectivity index (χ3v) is 4.17. The number of esters is 1. The second kappa shape index (κ2) is 15.5. The maximum atomic E-state index is 10.8. The van der Waals surface area contributed by atoms with E-state index in [4.69, 9.17) is 4.74 Å². The number of ether oxygens (including phenoxy) is 1. The van der Waals surface area contributed by atoms with Crippen LogP contribution in [0, 0.1) is 0 Å². The summed E-state index contributed by atoms with van der Waals surface area (Å²) in [6.07, 6.45) is 12.7. The van der Waals surface area contributed by atoms with Crippen LogP contribution in [0.3, 0.4) is 0 Å². The number of nitrogens with zero attached hydrogens (tertiary/aromatic N) is 1. The second-order valence-corrected chi connectivity index (χ2v) is 6.53. The topological polar surface area (TPSA) is 26.3 Å². The number of rotatable bonds is 14. The van der Waals surface area contributed by atoms with E-state index >= 15 is 0 Å². The van der Waals surface area contributed by atoms with Crippen molar-refractivity contribution >= 4 is 5.97 Å². The highest BCUT2D eigenvalue weighted by Gasteiger charge is 2.09. The van der Waals surface area contributed by atoms with Gasteiger partial charge in [0.15, 0.2) is 0 Å². The monoisotopic (exact) mass is 377 g/mol. The Bertz CT molecular complexity index is 280. The average molecular weight is 378 g/mol. The summed E-state index contributed by atoms with van der Waals surface area (Å²) >= 11 is 0. The van der Waals surface area contributed by atoms with Crippen LogP contribution in [0.1, 0.15) is 64.7 Å². The third kappa shape index (κ3) is 16.0. The summed E-state index contributed by atoms with van der Waals surface area (Å²) in [4.78, 5) is 10.8. The molecular formula is C18H36BrNO2. The van der Waals surface area contributed by atoms with Crippen LogP contribution in [0.5, 0.6) is 0 Å². The standard InChI is InChI=1S/C18H36NO2.BrH/c1-5-18(20)21-17-15-13-11-9-7-8-10-12-14-16-19(3,4)6-2;/h5H,1,6-17H2,2-4H3;1H/q+1;/p-1. The lowest BCUT2D eigenvalue weighted by molar-refractivity contribution is -0.888. The van der Waals surface area contributed by atoms with Gasteiger partial charge in [-0.3, -0.25) is 0 Å². The molecule has 0 aliphatic carbocycles. The number of halogens is 1. The van der Waals surface area contributed by atoms with Crippen molar-refractivity contribution in [1.29, 1.82) is 0 Å². The molecule has 0 N–H and O–H groups in total. The molecule has 0 fully saturated rings. The zero-order chi connectivity index (χ0) is 16.0. The quantitative estimate of drug-likeness (QED) is 0.197. The summed E-state index contributed by atoms with van der Waals surface area (Å²) < 4.78 is 6.09. The fourth-order valence-corrected chi connectivity index (χ4v) is 2.27. The first kappa shape index (κ1) is 23.9. The van der Waals surface area contributed by atoms with Gasteiger partial charge < -0.3 is 26.2 Å². The van der Waals surface area contributed by atoms with Gasteiger partial charge in [-0.25, -0.2) is 4.79 Å². The minimum absolute atomic E-state index is 0. The van der Waals surface area contributed by atoms with Gasteiger partial charge >= 0.3 is 5.97 Å². The molecule has 0 unspecified atom stereocenters. The number of carbonyl (C=O) groups is 1. The Kier molecular flexibility index (Phi) is 16.9. The SMILES string of the molecule is C=CC(=O)OCCCCCCCCCCC[N+](C)(C)CC.[Br-]. The van der Waals surface area contributed by atoms with E-state index in [1.165, 1.54) is 64.1 Å². The second-order valence-electron chi connectivity index (χ2n) is 6.53. The summed E-state index contributed by atoms with van der Waals surface area (Å²) in [6.45, 7) is 8.70. The van der Waals surface area contributed by atoms with E-state index in [1.54, 1.807) is 0 Å². The maximum absolute atomic E-state index is 10.8. The molecule has 0 aliphatic heterocycles. The van der Waals surface area contributed by atoms with Gasteiger partial charge in [0.2, 0.25) is 0 Å². The van der Waals surface area contributed by atoms with Crippen molar-refractivity contribution in [3.05, 3.63) is 12.7 Å². The van der Waals surface area contributed by atoms with Crippen LogP contribution in [-0.4, -0.2) is 44.2 Å². The predicted molar refractivity (Wildman–Crippen MR) is 90.2 cm³/mol. The van der Waals surface area contributed by atoms with Crippen LogP contribution in [0.2, 0.25) is 0 Å². The molecule has 3 nitrogen and oxygen atoms in total. The number of hydrogen-bond donors (Lipinski definition) is 0. The first-order valence-corrected chi connectivity index (χ1v) is 8.63. The molecule has 0 radical (unpaired) electrons. The average Bonchev–Trinajstić information content (AvgIpc) is 2.48. The molecule has 0 saturated heterocycles. The van der Waals surface area contributed by atoms with Gasteiger partial charge in [-0.05, 0) is 26.2 Å². The Morgan fingerprint density at radius 3 is 1.86 bits per heavy atom. The Morgan fingerprint density at radius 1 is 0.955 bits per heavy atom. The van der Waals surface area contributed by atoms with E-state index in [0.29, 0.717) is 6.61 Å². The van der Waals surface area contributed by atoms with Crippen molar-refractivity contribution in [1.82, 2.24) is 0 Å². The van der Waals surface area contributed by atoms with E-state index in [1.807, 2.05) is 0 Å².